The molecule has 0 aliphatic carbocycles. The van der Waals surface area contributed by atoms with Crippen LogP contribution in [0.3, 0.4) is 0 Å². The Balaban J connectivity index is 1.98. The first-order valence-corrected chi connectivity index (χ1v) is 9.35. The summed E-state index contributed by atoms with van der Waals surface area (Å²) in [7, 11) is 0. The van der Waals surface area contributed by atoms with Crippen LogP contribution in [0.25, 0.3) is 41.7 Å². The summed E-state index contributed by atoms with van der Waals surface area (Å²) in [5, 5.41) is 6.81. The van der Waals surface area contributed by atoms with Crippen molar-refractivity contribution < 1.29 is 0 Å². The van der Waals surface area contributed by atoms with Gasteiger partial charge in [0.05, 0.1) is 9.72 Å². The zero-order chi connectivity index (χ0) is 17.1. The molecular formula is C21H10Cl2OS. The van der Waals surface area contributed by atoms with E-state index in [9.17, 15) is 4.79 Å². The van der Waals surface area contributed by atoms with Crippen molar-refractivity contribution in [1.82, 2.24) is 0 Å². The van der Waals surface area contributed by atoms with Gasteiger partial charge < -0.3 is 0 Å². The molecule has 4 aromatic carbocycles. The van der Waals surface area contributed by atoms with Crippen molar-refractivity contribution >= 4 is 76.3 Å². The predicted octanol–water partition coefficient (Wildman–Crippen LogP) is 7.03. The lowest BCUT2D eigenvalue weighted by Gasteiger charge is -2.07. The molecule has 5 aromatic rings. The maximum Gasteiger partial charge on any atom is 0.195 e. The van der Waals surface area contributed by atoms with E-state index in [-0.39, 0.29) is 5.43 Å². The Labute approximate surface area is 157 Å². The maximum atomic E-state index is 13.0. The molecule has 0 spiro atoms. The molecule has 4 heteroatoms. The Hall–Kier alpha value is -2.13. The molecule has 0 aliphatic rings. The molecule has 0 bridgehead atoms. The molecule has 120 valence electrons. The summed E-state index contributed by atoms with van der Waals surface area (Å²) in [6.07, 6.45) is 0. The van der Waals surface area contributed by atoms with Crippen LogP contribution in [0.4, 0.5) is 0 Å². The number of halogens is 2. The molecule has 5 rings (SSSR count). The van der Waals surface area contributed by atoms with E-state index in [0.29, 0.717) is 20.8 Å². The molecule has 0 saturated heterocycles. The van der Waals surface area contributed by atoms with Crippen LogP contribution in [0, 0.1) is 0 Å². The van der Waals surface area contributed by atoms with Gasteiger partial charge in [0.15, 0.2) is 5.43 Å². The molecule has 1 nitrogen and oxygen atoms in total. The third-order valence-electron chi connectivity index (χ3n) is 4.51. The predicted molar refractivity (Wildman–Crippen MR) is 111 cm³/mol. The van der Waals surface area contributed by atoms with Gasteiger partial charge in [-0.2, -0.15) is 0 Å². The van der Waals surface area contributed by atoms with Crippen LogP contribution in [-0.2, 0) is 0 Å². The second kappa shape index (κ2) is 5.43. The Morgan fingerprint density at radius 2 is 1.40 bits per heavy atom. The quantitative estimate of drug-likeness (QED) is 0.263. The number of fused-ring (bicyclic) bond motifs is 4. The highest BCUT2D eigenvalue weighted by Crippen LogP contribution is 2.35. The smallest absolute Gasteiger partial charge is 0.195 e. The lowest BCUT2D eigenvalue weighted by Crippen LogP contribution is -2.01. The Morgan fingerprint density at radius 3 is 2.12 bits per heavy atom. The fourth-order valence-electron chi connectivity index (χ4n) is 3.32. The summed E-state index contributed by atoms with van der Waals surface area (Å²) in [6, 6.07) is 20.0. The average Bonchev–Trinajstić information content (AvgIpc) is 2.60. The summed E-state index contributed by atoms with van der Waals surface area (Å²) in [4.78, 5) is 13.0. The first kappa shape index (κ1) is 15.2. The number of benzene rings is 4. The summed E-state index contributed by atoms with van der Waals surface area (Å²) in [6.45, 7) is 0. The third-order valence-corrected chi connectivity index (χ3v) is 6.34. The fourth-order valence-corrected chi connectivity index (χ4v) is 5.02. The standard InChI is InChI=1S/C21H10Cl2OS/c22-15-9-17-20(24)16-7-13-5-11-3-1-2-4-12(11)6-14(13)8-19(16)25-21(17)18(23)10-15/h1-10H. The van der Waals surface area contributed by atoms with Gasteiger partial charge in [0.25, 0.3) is 0 Å². The average molecular weight is 381 g/mol. The molecule has 0 radical (unpaired) electrons. The van der Waals surface area contributed by atoms with Crippen LogP contribution in [0.15, 0.2) is 65.5 Å². The summed E-state index contributed by atoms with van der Waals surface area (Å²) < 4.78 is 1.72. The van der Waals surface area contributed by atoms with E-state index in [4.69, 9.17) is 23.2 Å². The molecule has 0 aliphatic heterocycles. The van der Waals surface area contributed by atoms with E-state index in [2.05, 4.69) is 30.3 Å². The normalized spacial score (nSPS) is 11.8. The highest BCUT2D eigenvalue weighted by Gasteiger charge is 2.11. The van der Waals surface area contributed by atoms with Gasteiger partial charge in [0, 0.05) is 20.5 Å². The minimum absolute atomic E-state index is 0.0248. The zero-order valence-electron chi connectivity index (χ0n) is 12.8. The molecule has 1 heterocycles. The van der Waals surface area contributed by atoms with Crippen LogP contribution < -0.4 is 5.43 Å². The molecule has 0 saturated carbocycles. The van der Waals surface area contributed by atoms with Crippen LogP contribution in [0.2, 0.25) is 10.0 Å². The third kappa shape index (κ3) is 2.33. The number of hydrogen-bond donors (Lipinski definition) is 0. The maximum absolute atomic E-state index is 13.0. The van der Waals surface area contributed by atoms with Crippen LogP contribution >= 0.6 is 34.5 Å². The number of hydrogen-bond acceptors (Lipinski definition) is 2. The van der Waals surface area contributed by atoms with Gasteiger partial charge in [-0.1, -0.05) is 47.5 Å². The largest absolute Gasteiger partial charge is 0.289 e. The molecule has 1 aromatic heterocycles. The van der Waals surface area contributed by atoms with Crippen molar-refractivity contribution in [2.45, 2.75) is 0 Å². The monoisotopic (exact) mass is 380 g/mol. The van der Waals surface area contributed by atoms with Gasteiger partial charge >= 0.3 is 0 Å². The van der Waals surface area contributed by atoms with Crippen LogP contribution in [-0.4, -0.2) is 0 Å². The highest BCUT2D eigenvalue weighted by atomic mass is 35.5. The van der Waals surface area contributed by atoms with Crippen LogP contribution in [0.5, 0.6) is 0 Å². The minimum Gasteiger partial charge on any atom is -0.289 e. The Bertz CT molecular complexity index is 1390. The van der Waals surface area contributed by atoms with Gasteiger partial charge in [0.2, 0.25) is 0 Å². The fraction of sp³-hybridized carbons (Fsp3) is 0. The molecule has 0 atom stereocenters. The molecule has 0 amide bonds. The summed E-state index contributed by atoms with van der Waals surface area (Å²) in [5.74, 6) is 0. The van der Waals surface area contributed by atoms with Gasteiger partial charge in [-0.3, -0.25) is 4.79 Å². The first-order chi connectivity index (χ1) is 12.1. The summed E-state index contributed by atoms with van der Waals surface area (Å²) >= 11 is 13.9. The Morgan fingerprint density at radius 1 is 0.720 bits per heavy atom. The van der Waals surface area contributed by atoms with Gasteiger partial charge in [-0.05, 0) is 57.9 Å². The first-order valence-electron chi connectivity index (χ1n) is 7.78. The second-order valence-electron chi connectivity index (χ2n) is 6.09. The molecule has 0 N–H and O–H groups in total. The van der Waals surface area contributed by atoms with E-state index in [1.54, 1.807) is 12.1 Å². The lowest BCUT2D eigenvalue weighted by atomic mass is 10.0. The van der Waals surface area contributed by atoms with E-state index < -0.39 is 0 Å². The van der Waals surface area contributed by atoms with E-state index in [1.807, 2.05) is 18.2 Å². The van der Waals surface area contributed by atoms with Crippen molar-refractivity contribution in [1.29, 1.82) is 0 Å². The van der Waals surface area contributed by atoms with Crippen molar-refractivity contribution in [2.24, 2.45) is 0 Å². The topological polar surface area (TPSA) is 17.1 Å². The second-order valence-corrected chi connectivity index (χ2v) is 7.99. The van der Waals surface area contributed by atoms with Crippen molar-refractivity contribution in [3.8, 4) is 0 Å². The van der Waals surface area contributed by atoms with Crippen molar-refractivity contribution in [3.63, 3.8) is 0 Å². The van der Waals surface area contributed by atoms with E-state index >= 15 is 0 Å². The summed E-state index contributed by atoms with van der Waals surface area (Å²) in [5.41, 5.74) is -0.0248. The van der Waals surface area contributed by atoms with Crippen molar-refractivity contribution in [2.75, 3.05) is 0 Å². The molecule has 0 fully saturated rings. The van der Waals surface area contributed by atoms with Crippen LogP contribution in [0.1, 0.15) is 0 Å². The molecule has 25 heavy (non-hydrogen) atoms. The number of rotatable bonds is 0. The van der Waals surface area contributed by atoms with E-state index in [1.165, 1.54) is 16.7 Å². The SMILES string of the molecule is O=c1c2cc3cc4ccccc4cc3cc2sc2c(Cl)cc(Cl)cc12. The highest BCUT2D eigenvalue weighted by molar-refractivity contribution is 7.25. The lowest BCUT2D eigenvalue weighted by molar-refractivity contribution is 1.76. The Kier molecular flexibility index (Phi) is 3.29. The van der Waals surface area contributed by atoms with Gasteiger partial charge in [-0.25, -0.2) is 0 Å². The molecule has 0 unspecified atom stereocenters. The van der Waals surface area contributed by atoms with Gasteiger partial charge in [0.1, 0.15) is 0 Å². The zero-order valence-corrected chi connectivity index (χ0v) is 15.2. The molecular weight excluding hydrogens is 371 g/mol. The van der Waals surface area contributed by atoms with Gasteiger partial charge in [-0.15, -0.1) is 11.3 Å². The van der Waals surface area contributed by atoms with Crippen molar-refractivity contribution in [3.05, 3.63) is 80.9 Å². The minimum atomic E-state index is -0.0248. The van der Waals surface area contributed by atoms with E-state index in [0.717, 1.165) is 25.6 Å².